The molecule has 0 amide bonds. The number of fused-ring (bicyclic) bond motifs is 1. The zero-order valence-corrected chi connectivity index (χ0v) is 11.8. The minimum Gasteiger partial charge on any atom is -0.477 e. The highest BCUT2D eigenvalue weighted by atomic mass is 32.1. The van der Waals surface area contributed by atoms with Crippen LogP contribution in [0.15, 0.2) is 30.3 Å². The number of carboxylic acids is 1. The second kappa shape index (κ2) is 4.75. The molecule has 3 aromatic rings. The van der Waals surface area contributed by atoms with Crippen LogP contribution in [0.5, 0.6) is 0 Å². The number of hydrogen-bond donors (Lipinski definition) is 1. The summed E-state index contributed by atoms with van der Waals surface area (Å²) in [5.41, 5.74) is 2.04. The Morgan fingerprint density at radius 1 is 1.32 bits per heavy atom. The number of aryl methyl sites for hydroxylation is 1. The molecule has 0 spiro atoms. The first-order valence-electron chi connectivity index (χ1n) is 5.80. The number of aromatic carboxylic acids is 1. The number of hydrogen-bond acceptors (Lipinski definition) is 4. The van der Waals surface area contributed by atoms with E-state index in [4.69, 9.17) is 5.11 Å². The Morgan fingerprint density at radius 2 is 2.11 bits per heavy atom. The molecule has 0 fully saturated rings. The van der Waals surface area contributed by atoms with E-state index < -0.39 is 5.97 Å². The molecule has 0 radical (unpaired) electrons. The van der Waals surface area contributed by atoms with E-state index in [0.717, 1.165) is 21.0 Å². The lowest BCUT2D eigenvalue weighted by Gasteiger charge is -1.94. The zero-order valence-electron chi connectivity index (χ0n) is 10.2. The number of carbonyl (C=O) groups is 1. The fourth-order valence-electron chi connectivity index (χ4n) is 1.93. The van der Waals surface area contributed by atoms with Gasteiger partial charge in [-0.1, -0.05) is 12.1 Å². The second-order valence-corrected chi connectivity index (χ2v) is 6.53. The van der Waals surface area contributed by atoms with Crippen LogP contribution in [0.3, 0.4) is 0 Å². The normalized spacial score (nSPS) is 11.0. The van der Waals surface area contributed by atoms with Gasteiger partial charge in [-0.2, -0.15) is 0 Å². The SMILES string of the molecule is Cc1cc(C(=O)O)sc1Cc1nc2ccccc2s1. The molecule has 0 aliphatic carbocycles. The number of rotatable bonds is 3. The number of thiazole rings is 1. The van der Waals surface area contributed by atoms with Gasteiger partial charge in [-0.25, -0.2) is 9.78 Å². The number of aromatic nitrogens is 1. The smallest absolute Gasteiger partial charge is 0.345 e. The molecule has 5 heteroatoms. The van der Waals surface area contributed by atoms with Crippen LogP contribution < -0.4 is 0 Å². The van der Waals surface area contributed by atoms with Gasteiger partial charge in [0, 0.05) is 11.3 Å². The zero-order chi connectivity index (χ0) is 13.4. The predicted molar refractivity (Wildman–Crippen MR) is 78.4 cm³/mol. The average molecular weight is 289 g/mol. The first-order chi connectivity index (χ1) is 9.13. The Labute approximate surface area is 118 Å². The van der Waals surface area contributed by atoms with E-state index in [1.165, 1.54) is 16.0 Å². The van der Waals surface area contributed by atoms with Crippen molar-refractivity contribution in [3.63, 3.8) is 0 Å². The Morgan fingerprint density at radius 3 is 2.79 bits per heavy atom. The van der Waals surface area contributed by atoms with Crippen LogP contribution in [0.4, 0.5) is 0 Å². The van der Waals surface area contributed by atoms with Crippen molar-refractivity contribution in [2.24, 2.45) is 0 Å². The Balaban J connectivity index is 1.94. The summed E-state index contributed by atoms with van der Waals surface area (Å²) in [5, 5.41) is 10.0. The van der Waals surface area contributed by atoms with Crippen molar-refractivity contribution in [3.8, 4) is 0 Å². The van der Waals surface area contributed by atoms with E-state index in [9.17, 15) is 4.79 Å². The molecule has 96 valence electrons. The third kappa shape index (κ3) is 2.39. The molecule has 0 saturated heterocycles. The lowest BCUT2D eigenvalue weighted by molar-refractivity contribution is 0.0702. The summed E-state index contributed by atoms with van der Waals surface area (Å²) in [5.74, 6) is -0.858. The summed E-state index contributed by atoms with van der Waals surface area (Å²) in [7, 11) is 0. The molecule has 19 heavy (non-hydrogen) atoms. The van der Waals surface area contributed by atoms with Gasteiger partial charge in [0.25, 0.3) is 0 Å². The van der Waals surface area contributed by atoms with E-state index in [0.29, 0.717) is 11.3 Å². The van der Waals surface area contributed by atoms with Crippen LogP contribution in [0, 0.1) is 6.92 Å². The molecule has 3 nitrogen and oxygen atoms in total. The summed E-state index contributed by atoms with van der Waals surface area (Å²) in [4.78, 5) is 17.0. The molecule has 0 atom stereocenters. The first kappa shape index (κ1) is 12.3. The van der Waals surface area contributed by atoms with Crippen LogP contribution in [0.25, 0.3) is 10.2 Å². The van der Waals surface area contributed by atoms with Crippen molar-refractivity contribution in [3.05, 3.63) is 50.7 Å². The third-order valence-electron chi connectivity index (χ3n) is 2.88. The van der Waals surface area contributed by atoms with Gasteiger partial charge in [0.2, 0.25) is 0 Å². The van der Waals surface area contributed by atoms with Crippen molar-refractivity contribution >= 4 is 38.9 Å². The maximum Gasteiger partial charge on any atom is 0.345 e. The molecule has 2 heterocycles. The van der Waals surface area contributed by atoms with Crippen LogP contribution in [-0.4, -0.2) is 16.1 Å². The van der Waals surface area contributed by atoms with Crippen molar-refractivity contribution < 1.29 is 9.90 Å². The van der Waals surface area contributed by atoms with Crippen LogP contribution in [0.2, 0.25) is 0 Å². The molecule has 1 aromatic carbocycles. The molecule has 0 aliphatic rings. The number of nitrogens with zero attached hydrogens (tertiary/aromatic N) is 1. The second-order valence-electron chi connectivity index (χ2n) is 4.27. The molecule has 1 N–H and O–H groups in total. The lowest BCUT2D eigenvalue weighted by Crippen LogP contribution is -1.89. The maximum absolute atomic E-state index is 11.0. The van der Waals surface area contributed by atoms with E-state index in [-0.39, 0.29) is 0 Å². The Kier molecular flexibility index (Phi) is 3.08. The highest BCUT2D eigenvalue weighted by Gasteiger charge is 2.13. The van der Waals surface area contributed by atoms with Crippen molar-refractivity contribution in [2.45, 2.75) is 13.3 Å². The molecule has 0 saturated carbocycles. The predicted octanol–water partition coefficient (Wildman–Crippen LogP) is 3.96. The van der Waals surface area contributed by atoms with E-state index >= 15 is 0 Å². The van der Waals surface area contributed by atoms with Crippen LogP contribution in [-0.2, 0) is 6.42 Å². The molecule has 0 bridgehead atoms. The fraction of sp³-hybridized carbons (Fsp3) is 0.143. The number of para-hydroxylation sites is 1. The first-order valence-corrected chi connectivity index (χ1v) is 7.44. The summed E-state index contributed by atoms with van der Waals surface area (Å²) < 4.78 is 1.17. The van der Waals surface area contributed by atoms with Gasteiger partial charge in [-0.3, -0.25) is 0 Å². The molecule has 0 aliphatic heterocycles. The molecular formula is C14H11NO2S2. The van der Waals surface area contributed by atoms with Gasteiger partial charge in [0.1, 0.15) is 4.88 Å². The Hall–Kier alpha value is -1.72. The maximum atomic E-state index is 11.0. The van der Waals surface area contributed by atoms with Gasteiger partial charge in [-0.15, -0.1) is 22.7 Å². The van der Waals surface area contributed by atoms with Crippen molar-refractivity contribution in [1.82, 2.24) is 4.98 Å². The number of thiophene rings is 1. The highest BCUT2D eigenvalue weighted by molar-refractivity contribution is 7.19. The van der Waals surface area contributed by atoms with E-state index in [1.54, 1.807) is 17.4 Å². The standard InChI is InChI=1S/C14H11NO2S2/c1-8-6-12(14(16)17)18-11(8)7-13-15-9-4-2-3-5-10(9)19-13/h2-6H,7H2,1H3,(H,16,17). The van der Waals surface area contributed by atoms with Gasteiger partial charge < -0.3 is 5.11 Å². The van der Waals surface area contributed by atoms with Crippen LogP contribution in [0.1, 0.15) is 25.1 Å². The molecule has 0 unspecified atom stereocenters. The Bertz CT molecular complexity index is 725. The minimum absolute atomic E-state index is 0.397. The molecule has 3 rings (SSSR count). The summed E-state index contributed by atoms with van der Waals surface area (Å²) in [6.45, 7) is 1.95. The highest BCUT2D eigenvalue weighted by Crippen LogP contribution is 2.28. The van der Waals surface area contributed by atoms with E-state index in [2.05, 4.69) is 11.1 Å². The summed E-state index contributed by atoms with van der Waals surface area (Å²) >= 11 is 3.01. The van der Waals surface area contributed by atoms with Crippen LogP contribution >= 0.6 is 22.7 Å². The molecule has 2 aromatic heterocycles. The van der Waals surface area contributed by atoms with Crippen molar-refractivity contribution in [2.75, 3.05) is 0 Å². The monoisotopic (exact) mass is 289 g/mol. The fourth-order valence-corrected chi connectivity index (χ4v) is 4.02. The third-order valence-corrected chi connectivity index (χ3v) is 5.14. The topological polar surface area (TPSA) is 50.2 Å². The number of benzene rings is 1. The molecular weight excluding hydrogens is 278 g/mol. The van der Waals surface area contributed by atoms with Crippen molar-refractivity contribution in [1.29, 1.82) is 0 Å². The average Bonchev–Trinajstić information content (AvgIpc) is 2.93. The minimum atomic E-state index is -0.858. The lowest BCUT2D eigenvalue weighted by atomic mass is 10.2. The largest absolute Gasteiger partial charge is 0.477 e. The van der Waals surface area contributed by atoms with Gasteiger partial charge in [-0.05, 0) is 30.7 Å². The summed E-state index contributed by atoms with van der Waals surface area (Å²) in [6.07, 6.45) is 0.711. The summed E-state index contributed by atoms with van der Waals surface area (Å²) in [6, 6.07) is 9.77. The van der Waals surface area contributed by atoms with Gasteiger partial charge in [0.05, 0.1) is 15.2 Å². The number of carboxylic acid groups (broad SMARTS) is 1. The van der Waals surface area contributed by atoms with Gasteiger partial charge in [0.15, 0.2) is 0 Å². The van der Waals surface area contributed by atoms with E-state index in [1.807, 2.05) is 25.1 Å². The van der Waals surface area contributed by atoms with Gasteiger partial charge >= 0.3 is 5.97 Å². The quantitative estimate of drug-likeness (QED) is 0.794.